The third kappa shape index (κ3) is 3.68. The molecule has 0 aliphatic rings. The van der Waals surface area contributed by atoms with Gasteiger partial charge in [0.15, 0.2) is 11.5 Å². The van der Waals surface area contributed by atoms with Crippen LogP contribution in [0.1, 0.15) is 24.1 Å². The van der Waals surface area contributed by atoms with Crippen molar-refractivity contribution < 1.29 is 13.9 Å². The molecule has 114 valence electrons. The van der Waals surface area contributed by atoms with Crippen molar-refractivity contribution in [3.63, 3.8) is 0 Å². The Kier molecular flexibility index (Phi) is 5.47. The number of rotatable bonds is 7. The van der Waals surface area contributed by atoms with E-state index in [4.69, 9.17) is 25.5 Å². The molecule has 0 aliphatic heterocycles. The normalized spacial score (nSPS) is 10.7. The minimum Gasteiger partial charge on any atom is -0.493 e. The number of halogens is 1. The molecule has 0 bridgehead atoms. The number of nitrogens with zero attached hydrogens (tertiary/aromatic N) is 1. The number of nitrogens with one attached hydrogen (secondary N) is 1. The van der Waals surface area contributed by atoms with Crippen LogP contribution in [0.4, 0.5) is 0 Å². The molecular formula is C15H19ClN2O3. The largest absolute Gasteiger partial charge is 0.493 e. The second-order valence-corrected chi connectivity index (χ2v) is 4.83. The summed E-state index contributed by atoms with van der Waals surface area (Å²) in [6.45, 7) is 3.16. The molecule has 2 rings (SSSR count). The minimum absolute atomic E-state index is 0.544. The van der Waals surface area contributed by atoms with Crippen molar-refractivity contribution in [3.05, 3.63) is 40.6 Å². The zero-order chi connectivity index (χ0) is 15.2. The SMILES string of the molecule is CCc1cnc(CNCc2ccc(OC)c(OC)c2Cl)o1. The van der Waals surface area contributed by atoms with Gasteiger partial charge in [-0.2, -0.15) is 0 Å². The zero-order valence-corrected chi connectivity index (χ0v) is 13.2. The van der Waals surface area contributed by atoms with E-state index in [1.54, 1.807) is 20.4 Å². The van der Waals surface area contributed by atoms with Gasteiger partial charge in [0.25, 0.3) is 0 Å². The van der Waals surface area contributed by atoms with Crippen LogP contribution < -0.4 is 14.8 Å². The predicted octanol–water partition coefficient (Wildman–Crippen LogP) is 3.20. The maximum absolute atomic E-state index is 6.32. The predicted molar refractivity (Wildman–Crippen MR) is 81.0 cm³/mol. The fourth-order valence-electron chi connectivity index (χ4n) is 1.96. The maximum Gasteiger partial charge on any atom is 0.208 e. The molecule has 1 aromatic carbocycles. The molecule has 1 heterocycles. The van der Waals surface area contributed by atoms with Gasteiger partial charge < -0.3 is 19.2 Å². The van der Waals surface area contributed by atoms with Gasteiger partial charge in [0.05, 0.1) is 32.0 Å². The first-order chi connectivity index (χ1) is 10.2. The van der Waals surface area contributed by atoms with Crippen LogP contribution in [0.3, 0.4) is 0 Å². The Bertz CT molecular complexity index is 599. The van der Waals surface area contributed by atoms with E-state index in [1.807, 2.05) is 19.1 Å². The monoisotopic (exact) mass is 310 g/mol. The van der Waals surface area contributed by atoms with Gasteiger partial charge in [0.2, 0.25) is 5.89 Å². The summed E-state index contributed by atoms with van der Waals surface area (Å²) in [6.07, 6.45) is 2.59. The molecule has 21 heavy (non-hydrogen) atoms. The van der Waals surface area contributed by atoms with E-state index in [1.165, 1.54) is 0 Å². The summed E-state index contributed by atoms with van der Waals surface area (Å²) >= 11 is 6.32. The number of aryl methyl sites for hydroxylation is 1. The highest BCUT2D eigenvalue weighted by atomic mass is 35.5. The number of benzene rings is 1. The first kappa shape index (κ1) is 15.7. The first-order valence-electron chi connectivity index (χ1n) is 6.73. The molecule has 0 fully saturated rings. The van der Waals surface area contributed by atoms with Crippen LogP contribution in [0.25, 0.3) is 0 Å². The molecule has 1 N–H and O–H groups in total. The van der Waals surface area contributed by atoms with Crippen LogP contribution in [0, 0.1) is 0 Å². The molecule has 0 spiro atoms. The Morgan fingerprint density at radius 1 is 1.24 bits per heavy atom. The maximum atomic E-state index is 6.32. The Balaban J connectivity index is 2.00. The van der Waals surface area contributed by atoms with Crippen molar-refractivity contribution in [3.8, 4) is 11.5 Å². The molecule has 0 aliphatic carbocycles. The van der Waals surface area contributed by atoms with Gasteiger partial charge in [0.1, 0.15) is 5.76 Å². The molecule has 0 atom stereocenters. The molecule has 0 unspecified atom stereocenters. The summed E-state index contributed by atoms with van der Waals surface area (Å²) in [5, 5.41) is 3.80. The molecule has 5 nitrogen and oxygen atoms in total. The van der Waals surface area contributed by atoms with Gasteiger partial charge in [-0.3, -0.25) is 0 Å². The van der Waals surface area contributed by atoms with Crippen LogP contribution in [-0.4, -0.2) is 19.2 Å². The average Bonchev–Trinajstić information content (AvgIpc) is 2.96. The van der Waals surface area contributed by atoms with Gasteiger partial charge in [-0.15, -0.1) is 0 Å². The Morgan fingerprint density at radius 3 is 2.67 bits per heavy atom. The first-order valence-corrected chi connectivity index (χ1v) is 7.11. The summed E-state index contributed by atoms with van der Waals surface area (Å²) in [5.74, 6) is 2.72. The number of ether oxygens (including phenoxy) is 2. The molecule has 0 saturated carbocycles. The van der Waals surface area contributed by atoms with Crippen LogP contribution >= 0.6 is 11.6 Å². The second-order valence-electron chi connectivity index (χ2n) is 4.45. The van der Waals surface area contributed by atoms with Crippen molar-refractivity contribution in [1.29, 1.82) is 0 Å². The summed E-state index contributed by atoms with van der Waals surface area (Å²) in [7, 11) is 3.15. The Labute approximate surface area is 129 Å². The van der Waals surface area contributed by atoms with Gasteiger partial charge in [-0.1, -0.05) is 24.6 Å². The Hall–Kier alpha value is -1.72. The molecule has 0 saturated heterocycles. The van der Waals surface area contributed by atoms with E-state index in [-0.39, 0.29) is 0 Å². The van der Waals surface area contributed by atoms with Crippen molar-refractivity contribution in [2.24, 2.45) is 0 Å². The lowest BCUT2D eigenvalue weighted by Gasteiger charge is -2.12. The van der Waals surface area contributed by atoms with E-state index >= 15 is 0 Å². The molecule has 1 aromatic heterocycles. The highest BCUT2D eigenvalue weighted by Crippen LogP contribution is 2.37. The smallest absolute Gasteiger partial charge is 0.208 e. The third-order valence-electron chi connectivity index (χ3n) is 3.11. The summed E-state index contributed by atoms with van der Waals surface area (Å²) < 4.78 is 16.0. The summed E-state index contributed by atoms with van der Waals surface area (Å²) in [6, 6.07) is 3.74. The number of aromatic nitrogens is 1. The van der Waals surface area contributed by atoms with Gasteiger partial charge >= 0.3 is 0 Å². The van der Waals surface area contributed by atoms with Gasteiger partial charge in [0, 0.05) is 13.0 Å². The van der Waals surface area contributed by atoms with E-state index in [9.17, 15) is 0 Å². The average molecular weight is 311 g/mol. The topological polar surface area (TPSA) is 56.5 Å². The number of methoxy groups -OCH3 is 2. The lowest BCUT2D eigenvalue weighted by Crippen LogP contribution is -2.13. The van der Waals surface area contributed by atoms with Crippen LogP contribution in [0.15, 0.2) is 22.7 Å². The van der Waals surface area contributed by atoms with Crippen LogP contribution in [-0.2, 0) is 19.5 Å². The molecular weight excluding hydrogens is 292 g/mol. The second kappa shape index (κ2) is 7.33. The molecule has 0 amide bonds. The van der Waals surface area contributed by atoms with E-state index in [0.717, 1.165) is 17.7 Å². The van der Waals surface area contributed by atoms with E-state index < -0.39 is 0 Å². The van der Waals surface area contributed by atoms with Crippen LogP contribution in [0.5, 0.6) is 11.5 Å². The van der Waals surface area contributed by atoms with Crippen molar-refractivity contribution in [2.75, 3.05) is 14.2 Å². The number of hydrogen-bond acceptors (Lipinski definition) is 5. The molecule has 0 radical (unpaired) electrons. The fraction of sp³-hybridized carbons (Fsp3) is 0.400. The number of hydrogen-bond donors (Lipinski definition) is 1. The van der Waals surface area contributed by atoms with Crippen LogP contribution in [0.2, 0.25) is 5.02 Å². The van der Waals surface area contributed by atoms with Crippen molar-refractivity contribution >= 4 is 11.6 Å². The van der Waals surface area contributed by atoms with Gasteiger partial charge in [-0.05, 0) is 11.6 Å². The lowest BCUT2D eigenvalue weighted by molar-refractivity contribution is 0.354. The lowest BCUT2D eigenvalue weighted by atomic mass is 10.2. The highest BCUT2D eigenvalue weighted by Gasteiger charge is 2.13. The summed E-state index contributed by atoms with van der Waals surface area (Å²) in [4.78, 5) is 4.19. The quantitative estimate of drug-likeness (QED) is 0.851. The Morgan fingerprint density at radius 2 is 2.05 bits per heavy atom. The van der Waals surface area contributed by atoms with Crippen molar-refractivity contribution in [1.82, 2.24) is 10.3 Å². The standard InChI is InChI=1S/C15H19ClN2O3/c1-4-11-8-18-13(21-11)9-17-7-10-5-6-12(19-2)15(20-3)14(10)16/h5-6,8,17H,4,7,9H2,1-3H3. The van der Waals surface area contributed by atoms with Crippen molar-refractivity contribution in [2.45, 2.75) is 26.4 Å². The molecule has 2 aromatic rings. The third-order valence-corrected chi connectivity index (χ3v) is 3.52. The fourth-order valence-corrected chi connectivity index (χ4v) is 2.26. The zero-order valence-electron chi connectivity index (χ0n) is 12.4. The van der Waals surface area contributed by atoms with E-state index in [2.05, 4.69) is 10.3 Å². The van der Waals surface area contributed by atoms with E-state index in [0.29, 0.717) is 35.5 Å². The molecule has 6 heteroatoms. The summed E-state index contributed by atoms with van der Waals surface area (Å²) in [5.41, 5.74) is 0.927. The minimum atomic E-state index is 0.544. The highest BCUT2D eigenvalue weighted by molar-refractivity contribution is 6.33. The van der Waals surface area contributed by atoms with Gasteiger partial charge in [-0.25, -0.2) is 4.98 Å². The number of oxazole rings is 1.